The largest absolute Gasteiger partial charge is 0.377 e. The van der Waals surface area contributed by atoms with E-state index in [9.17, 15) is 0 Å². The lowest BCUT2D eigenvalue weighted by molar-refractivity contribution is 0.119. The average Bonchev–Trinajstić information content (AvgIpc) is 2.67. The van der Waals surface area contributed by atoms with E-state index in [1.54, 1.807) is 0 Å². The van der Waals surface area contributed by atoms with E-state index in [2.05, 4.69) is 18.8 Å². The molecule has 0 aliphatic heterocycles. The van der Waals surface area contributed by atoms with E-state index in [-0.39, 0.29) is 0 Å². The average molecular weight is 197 g/mol. The highest BCUT2D eigenvalue weighted by molar-refractivity contribution is 4.96. The summed E-state index contributed by atoms with van der Waals surface area (Å²) in [6.07, 6.45) is 5.51. The molecule has 2 heteroatoms. The molecule has 1 aliphatic rings. The van der Waals surface area contributed by atoms with Gasteiger partial charge in [0.15, 0.2) is 0 Å². The van der Waals surface area contributed by atoms with Crippen LogP contribution in [0, 0.1) is 5.92 Å². The Kier molecular flexibility index (Phi) is 5.88. The minimum absolute atomic E-state index is 0.726. The molecule has 1 rings (SSSR count). The van der Waals surface area contributed by atoms with Gasteiger partial charge in [0.1, 0.15) is 0 Å². The summed E-state index contributed by atoms with van der Waals surface area (Å²) >= 11 is 0. The lowest BCUT2D eigenvalue weighted by atomic mass is 10.1. The van der Waals surface area contributed by atoms with Crippen molar-refractivity contribution in [1.29, 1.82) is 0 Å². The van der Waals surface area contributed by atoms with E-state index < -0.39 is 0 Å². The normalized spacial score (nSPS) is 17.5. The predicted molar refractivity (Wildman–Crippen MR) is 60.5 cm³/mol. The van der Waals surface area contributed by atoms with Gasteiger partial charge in [-0.2, -0.15) is 0 Å². The summed E-state index contributed by atoms with van der Waals surface area (Å²) in [7, 11) is 0. The molecule has 0 atom stereocenters. The molecule has 0 radical (unpaired) electrons. The maximum Gasteiger partial charge on any atom is 0.0686 e. The summed E-state index contributed by atoms with van der Waals surface area (Å²) in [6.45, 7) is 9.63. The van der Waals surface area contributed by atoms with Gasteiger partial charge < -0.3 is 10.1 Å². The lowest BCUT2D eigenvalue weighted by Gasteiger charge is -2.11. The second kappa shape index (κ2) is 7.02. The fourth-order valence-electron chi connectivity index (χ4n) is 1.90. The van der Waals surface area contributed by atoms with Crippen LogP contribution in [0.3, 0.4) is 0 Å². The number of ether oxygens (including phenoxy) is 1. The number of nitrogens with one attached hydrogen (secondary N) is 1. The van der Waals surface area contributed by atoms with Crippen LogP contribution in [-0.4, -0.2) is 26.3 Å². The number of hydrogen-bond donors (Lipinski definition) is 1. The number of hydrogen-bond acceptors (Lipinski definition) is 2. The second-order valence-electron chi connectivity index (χ2n) is 4.20. The van der Waals surface area contributed by atoms with Crippen molar-refractivity contribution in [3.63, 3.8) is 0 Å². The highest BCUT2D eigenvalue weighted by Crippen LogP contribution is 2.24. The molecule has 1 aliphatic carbocycles. The van der Waals surface area contributed by atoms with Crippen molar-refractivity contribution in [3.05, 3.63) is 12.2 Å². The van der Waals surface area contributed by atoms with Crippen LogP contribution in [0.15, 0.2) is 12.2 Å². The zero-order valence-corrected chi connectivity index (χ0v) is 9.35. The molecular weight excluding hydrogens is 174 g/mol. The zero-order valence-electron chi connectivity index (χ0n) is 9.35. The van der Waals surface area contributed by atoms with Crippen molar-refractivity contribution in [2.45, 2.75) is 32.6 Å². The van der Waals surface area contributed by atoms with Crippen molar-refractivity contribution >= 4 is 0 Å². The molecule has 0 aromatic heterocycles. The molecule has 1 fully saturated rings. The standard InChI is InChI=1S/C12H23NO/c1-3-13-8-11(2)9-14-10-12-6-4-5-7-12/h12-13H,2-10H2,1H3. The number of likely N-dealkylation sites (N-methyl/N-ethyl adjacent to an activating group) is 1. The highest BCUT2D eigenvalue weighted by atomic mass is 16.5. The molecule has 0 heterocycles. The van der Waals surface area contributed by atoms with Gasteiger partial charge >= 0.3 is 0 Å². The van der Waals surface area contributed by atoms with Crippen LogP contribution in [0.2, 0.25) is 0 Å². The summed E-state index contributed by atoms with van der Waals surface area (Å²) < 4.78 is 5.64. The molecule has 0 aromatic rings. The van der Waals surface area contributed by atoms with Crippen molar-refractivity contribution in [1.82, 2.24) is 5.32 Å². The molecule has 0 amide bonds. The fourth-order valence-corrected chi connectivity index (χ4v) is 1.90. The first-order valence-corrected chi connectivity index (χ1v) is 5.78. The van der Waals surface area contributed by atoms with Gasteiger partial charge in [0.25, 0.3) is 0 Å². The molecule has 0 bridgehead atoms. The fraction of sp³-hybridized carbons (Fsp3) is 0.833. The first-order chi connectivity index (χ1) is 6.83. The molecule has 0 saturated heterocycles. The zero-order chi connectivity index (χ0) is 10.2. The van der Waals surface area contributed by atoms with E-state index in [4.69, 9.17) is 4.74 Å². The van der Waals surface area contributed by atoms with Gasteiger partial charge in [-0.1, -0.05) is 26.3 Å². The van der Waals surface area contributed by atoms with Gasteiger partial charge in [-0.25, -0.2) is 0 Å². The van der Waals surface area contributed by atoms with E-state index in [0.717, 1.165) is 37.8 Å². The minimum Gasteiger partial charge on any atom is -0.377 e. The van der Waals surface area contributed by atoms with Gasteiger partial charge in [-0.3, -0.25) is 0 Å². The topological polar surface area (TPSA) is 21.3 Å². The molecule has 82 valence electrons. The third-order valence-electron chi connectivity index (χ3n) is 2.76. The van der Waals surface area contributed by atoms with Crippen LogP contribution in [0.1, 0.15) is 32.6 Å². The Morgan fingerprint density at radius 1 is 1.43 bits per heavy atom. The monoisotopic (exact) mass is 197 g/mol. The molecule has 14 heavy (non-hydrogen) atoms. The van der Waals surface area contributed by atoms with Gasteiger partial charge in [0.05, 0.1) is 6.61 Å². The summed E-state index contributed by atoms with van der Waals surface area (Å²) in [4.78, 5) is 0. The molecule has 2 nitrogen and oxygen atoms in total. The maximum absolute atomic E-state index is 5.64. The van der Waals surface area contributed by atoms with Crippen molar-refractivity contribution in [3.8, 4) is 0 Å². The Morgan fingerprint density at radius 3 is 2.79 bits per heavy atom. The van der Waals surface area contributed by atoms with E-state index in [1.165, 1.54) is 25.7 Å². The van der Waals surface area contributed by atoms with E-state index in [0.29, 0.717) is 0 Å². The SMILES string of the molecule is C=C(CNCC)COCC1CCCC1. The van der Waals surface area contributed by atoms with Gasteiger partial charge in [-0.15, -0.1) is 0 Å². The van der Waals surface area contributed by atoms with Gasteiger partial charge in [0.2, 0.25) is 0 Å². The van der Waals surface area contributed by atoms with Crippen LogP contribution < -0.4 is 5.32 Å². The molecule has 0 spiro atoms. The van der Waals surface area contributed by atoms with Crippen LogP contribution in [-0.2, 0) is 4.74 Å². The predicted octanol–water partition coefficient (Wildman–Crippen LogP) is 2.36. The van der Waals surface area contributed by atoms with Crippen molar-refractivity contribution < 1.29 is 4.74 Å². The lowest BCUT2D eigenvalue weighted by Crippen LogP contribution is -2.18. The Morgan fingerprint density at radius 2 is 2.14 bits per heavy atom. The molecular formula is C12H23NO. The Hall–Kier alpha value is -0.340. The maximum atomic E-state index is 5.64. The Bertz CT molecular complexity index is 162. The van der Waals surface area contributed by atoms with E-state index in [1.807, 2.05) is 0 Å². The number of rotatable bonds is 7. The first kappa shape index (κ1) is 11.7. The third kappa shape index (κ3) is 4.77. The second-order valence-corrected chi connectivity index (χ2v) is 4.20. The van der Waals surface area contributed by atoms with Gasteiger partial charge in [-0.05, 0) is 30.9 Å². The summed E-state index contributed by atoms with van der Waals surface area (Å²) in [5.74, 6) is 0.821. The smallest absolute Gasteiger partial charge is 0.0686 e. The Balaban J connectivity index is 1.94. The van der Waals surface area contributed by atoms with Crippen LogP contribution >= 0.6 is 0 Å². The van der Waals surface area contributed by atoms with Crippen LogP contribution in [0.25, 0.3) is 0 Å². The quantitative estimate of drug-likeness (QED) is 0.633. The van der Waals surface area contributed by atoms with Crippen molar-refractivity contribution in [2.75, 3.05) is 26.3 Å². The van der Waals surface area contributed by atoms with Crippen LogP contribution in [0.5, 0.6) is 0 Å². The molecule has 1 N–H and O–H groups in total. The third-order valence-corrected chi connectivity index (χ3v) is 2.76. The molecule has 1 saturated carbocycles. The van der Waals surface area contributed by atoms with E-state index >= 15 is 0 Å². The van der Waals surface area contributed by atoms with Gasteiger partial charge in [0, 0.05) is 13.2 Å². The molecule has 0 aromatic carbocycles. The van der Waals surface area contributed by atoms with Crippen molar-refractivity contribution in [2.24, 2.45) is 5.92 Å². The molecule has 0 unspecified atom stereocenters. The van der Waals surface area contributed by atoms with Crippen LogP contribution in [0.4, 0.5) is 0 Å². The Labute approximate surface area is 87.7 Å². The first-order valence-electron chi connectivity index (χ1n) is 5.78. The highest BCUT2D eigenvalue weighted by Gasteiger charge is 2.14. The summed E-state index contributed by atoms with van der Waals surface area (Å²) in [6, 6.07) is 0. The minimum atomic E-state index is 0.726. The summed E-state index contributed by atoms with van der Waals surface area (Å²) in [5, 5.41) is 3.25. The summed E-state index contributed by atoms with van der Waals surface area (Å²) in [5.41, 5.74) is 1.16.